The van der Waals surface area contributed by atoms with E-state index in [-0.39, 0.29) is 25.0 Å². The van der Waals surface area contributed by atoms with Crippen molar-refractivity contribution in [2.75, 3.05) is 18.5 Å². The Balaban J connectivity index is 1.64. The number of aromatic amines is 1. The quantitative estimate of drug-likeness (QED) is 0.686. The largest absolute Gasteiger partial charge is 0.369 e. The highest BCUT2D eigenvalue weighted by Crippen LogP contribution is 2.29. The van der Waals surface area contributed by atoms with Crippen molar-refractivity contribution < 1.29 is 14.3 Å². The molecular formula is C19H19N3O3. The molecule has 0 bridgehead atoms. The van der Waals surface area contributed by atoms with Crippen LogP contribution >= 0.6 is 0 Å². The van der Waals surface area contributed by atoms with E-state index in [0.29, 0.717) is 5.69 Å². The van der Waals surface area contributed by atoms with E-state index < -0.39 is 6.04 Å². The highest BCUT2D eigenvalue weighted by molar-refractivity contribution is 6.09. The third kappa shape index (κ3) is 2.85. The normalized spacial score (nSPS) is 17.6. The highest BCUT2D eigenvalue weighted by atomic mass is 16.5. The van der Waals surface area contributed by atoms with E-state index in [0.717, 1.165) is 22.8 Å². The minimum Gasteiger partial charge on any atom is -0.369 e. The van der Waals surface area contributed by atoms with Crippen molar-refractivity contribution in [3.05, 3.63) is 42.0 Å². The number of benzene rings is 2. The number of ether oxygens (including phenoxy) is 1. The summed E-state index contributed by atoms with van der Waals surface area (Å²) in [4.78, 5) is 27.1. The van der Waals surface area contributed by atoms with E-state index in [4.69, 9.17) is 4.74 Å². The van der Waals surface area contributed by atoms with E-state index in [1.54, 1.807) is 0 Å². The standard InChI is InChI=1S/C19H19N3O3/c1-2-11-4-3-5-14-13-7-6-12(8-15(13)22-18(11)14)20-19(24)16-9-25-10-17(23)21-16/h3-8,16,22H,2,9-10H2,1H3,(H,20,24)(H,21,23). The Bertz CT molecular complexity index is 977. The molecule has 1 unspecified atom stereocenters. The molecule has 1 fully saturated rings. The van der Waals surface area contributed by atoms with E-state index in [2.05, 4.69) is 40.7 Å². The molecule has 25 heavy (non-hydrogen) atoms. The molecule has 0 saturated carbocycles. The number of nitrogens with one attached hydrogen (secondary N) is 3. The van der Waals surface area contributed by atoms with Crippen LogP contribution in [-0.2, 0) is 20.7 Å². The molecule has 1 aliphatic heterocycles. The van der Waals surface area contributed by atoms with Gasteiger partial charge < -0.3 is 20.4 Å². The molecule has 128 valence electrons. The van der Waals surface area contributed by atoms with Gasteiger partial charge in [0.1, 0.15) is 12.6 Å². The number of rotatable bonds is 3. The predicted octanol–water partition coefficient (Wildman–Crippen LogP) is 2.34. The van der Waals surface area contributed by atoms with Crippen molar-refractivity contribution in [1.82, 2.24) is 10.3 Å². The summed E-state index contributed by atoms with van der Waals surface area (Å²) in [7, 11) is 0. The molecule has 0 radical (unpaired) electrons. The van der Waals surface area contributed by atoms with Crippen LogP contribution in [-0.4, -0.2) is 36.1 Å². The molecule has 1 atom stereocenters. The third-order valence-electron chi connectivity index (χ3n) is 4.54. The Morgan fingerprint density at radius 1 is 1.28 bits per heavy atom. The number of morpholine rings is 1. The Kier molecular flexibility index (Phi) is 3.89. The first kappa shape index (κ1) is 15.7. The van der Waals surface area contributed by atoms with Gasteiger partial charge in [0.2, 0.25) is 11.8 Å². The molecule has 1 aliphatic rings. The minimum absolute atomic E-state index is 0.00453. The van der Waals surface area contributed by atoms with Gasteiger partial charge in [-0.25, -0.2) is 0 Å². The zero-order valence-corrected chi connectivity index (χ0v) is 13.9. The van der Waals surface area contributed by atoms with Crippen LogP contribution in [0.4, 0.5) is 5.69 Å². The summed E-state index contributed by atoms with van der Waals surface area (Å²) in [5, 5.41) is 7.77. The number of fused-ring (bicyclic) bond motifs is 3. The Labute approximate surface area is 144 Å². The second-order valence-corrected chi connectivity index (χ2v) is 6.20. The number of H-pyrrole nitrogens is 1. The van der Waals surface area contributed by atoms with Crippen LogP contribution in [0, 0.1) is 0 Å². The summed E-state index contributed by atoms with van der Waals surface area (Å²) >= 11 is 0. The summed E-state index contributed by atoms with van der Waals surface area (Å²) in [6.07, 6.45) is 0.954. The van der Waals surface area contributed by atoms with Gasteiger partial charge in [0.15, 0.2) is 0 Å². The lowest BCUT2D eigenvalue weighted by Gasteiger charge is -2.22. The van der Waals surface area contributed by atoms with Crippen LogP contribution in [0.2, 0.25) is 0 Å². The van der Waals surface area contributed by atoms with Crippen molar-refractivity contribution in [2.45, 2.75) is 19.4 Å². The van der Waals surface area contributed by atoms with E-state index in [9.17, 15) is 9.59 Å². The fourth-order valence-electron chi connectivity index (χ4n) is 3.28. The molecule has 0 aliphatic carbocycles. The van der Waals surface area contributed by atoms with Crippen LogP contribution < -0.4 is 10.6 Å². The molecule has 1 saturated heterocycles. The van der Waals surface area contributed by atoms with E-state index in [1.807, 2.05) is 18.2 Å². The number of aromatic nitrogens is 1. The maximum absolute atomic E-state index is 12.3. The number of para-hydroxylation sites is 1. The van der Waals surface area contributed by atoms with E-state index >= 15 is 0 Å². The average Bonchev–Trinajstić information content (AvgIpc) is 2.99. The lowest BCUT2D eigenvalue weighted by molar-refractivity contribution is -0.136. The smallest absolute Gasteiger partial charge is 0.249 e. The first-order chi connectivity index (χ1) is 12.2. The van der Waals surface area contributed by atoms with Gasteiger partial charge in [-0.15, -0.1) is 0 Å². The first-order valence-corrected chi connectivity index (χ1v) is 8.37. The molecule has 2 heterocycles. The number of carbonyl (C=O) groups excluding carboxylic acids is 2. The van der Waals surface area contributed by atoms with Gasteiger partial charge in [0.05, 0.1) is 6.61 Å². The first-order valence-electron chi connectivity index (χ1n) is 8.37. The number of amides is 2. The lowest BCUT2D eigenvalue weighted by atomic mass is 10.1. The molecular weight excluding hydrogens is 318 g/mol. The number of aryl methyl sites for hydroxylation is 1. The van der Waals surface area contributed by atoms with Crippen LogP contribution in [0.1, 0.15) is 12.5 Å². The van der Waals surface area contributed by atoms with Gasteiger partial charge in [-0.2, -0.15) is 0 Å². The molecule has 3 aromatic rings. The monoisotopic (exact) mass is 337 g/mol. The minimum atomic E-state index is -0.661. The van der Waals surface area contributed by atoms with Crippen molar-refractivity contribution in [2.24, 2.45) is 0 Å². The van der Waals surface area contributed by atoms with Crippen LogP contribution in [0.5, 0.6) is 0 Å². The van der Waals surface area contributed by atoms with Crippen molar-refractivity contribution in [1.29, 1.82) is 0 Å². The number of carbonyl (C=O) groups is 2. The fourth-order valence-corrected chi connectivity index (χ4v) is 3.28. The molecule has 6 nitrogen and oxygen atoms in total. The van der Waals surface area contributed by atoms with Crippen LogP contribution in [0.3, 0.4) is 0 Å². The van der Waals surface area contributed by atoms with Gasteiger partial charge >= 0.3 is 0 Å². The summed E-state index contributed by atoms with van der Waals surface area (Å²) in [5.41, 5.74) is 4.05. The molecule has 1 aromatic heterocycles. The predicted molar refractivity (Wildman–Crippen MR) is 96.6 cm³/mol. The van der Waals surface area contributed by atoms with Gasteiger partial charge in [0, 0.05) is 27.5 Å². The maximum Gasteiger partial charge on any atom is 0.249 e. The lowest BCUT2D eigenvalue weighted by Crippen LogP contribution is -2.51. The number of hydrogen-bond acceptors (Lipinski definition) is 3. The zero-order chi connectivity index (χ0) is 17.4. The highest BCUT2D eigenvalue weighted by Gasteiger charge is 2.25. The van der Waals surface area contributed by atoms with Gasteiger partial charge in [-0.05, 0) is 24.1 Å². The summed E-state index contributed by atoms with van der Waals surface area (Å²) in [6, 6.07) is 11.4. The SMILES string of the molecule is CCc1cccc2c1[nH]c1cc(NC(=O)C3COCC(=O)N3)ccc12. The summed E-state index contributed by atoms with van der Waals surface area (Å²) < 4.78 is 5.11. The van der Waals surface area contributed by atoms with Crippen LogP contribution in [0.25, 0.3) is 21.8 Å². The third-order valence-corrected chi connectivity index (χ3v) is 4.54. The van der Waals surface area contributed by atoms with Crippen molar-refractivity contribution >= 4 is 39.3 Å². The number of anilines is 1. The molecule has 6 heteroatoms. The second kappa shape index (κ2) is 6.22. The molecule has 3 N–H and O–H groups in total. The Morgan fingerprint density at radius 2 is 2.16 bits per heavy atom. The maximum atomic E-state index is 12.3. The van der Waals surface area contributed by atoms with Crippen molar-refractivity contribution in [3.63, 3.8) is 0 Å². The van der Waals surface area contributed by atoms with Gasteiger partial charge in [0.25, 0.3) is 0 Å². The van der Waals surface area contributed by atoms with Crippen molar-refractivity contribution in [3.8, 4) is 0 Å². The number of hydrogen-bond donors (Lipinski definition) is 3. The van der Waals surface area contributed by atoms with Gasteiger partial charge in [-0.3, -0.25) is 9.59 Å². The summed E-state index contributed by atoms with van der Waals surface area (Å²) in [5.74, 6) is -0.553. The fraction of sp³-hybridized carbons (Fsp3) is 0.263. The Hall–Kier alpha value is -2.86. The molecule has 2 aromatic carbocycles. The Morgan fingerprint density at radius 3 is 2.96 bits per heavy atom. The molecule has 2 amide bonds. The van der Waals surface area contributed by atoms with E-state index in [1.165, 1.54) is 10.9 Å². The zero-order valence-electron chi connectivity index (χ0n) is 13.9. The molecule has 4 rings (SSSR count). The molecule has 0 spiro atoms. The summed E-state index contributed by atoms with van der Waals surface area (Å²) in [6.45, 7) is 2.32. The second-order valence-electron chi connectivity index (χ2n) is 6.20. The topological polar surface area (TPSA) is 83.2 Å². The average molecular weight is 337 g/mol. The van der Waals surface area contributed by atoms with Crippen LogP contribution in [0.15, 0.2) is 36.4 Å². The van der Waals surface area contributed by atoms with Gasteiger partial charge in [-0.1, -0.05) is 31.2 Å².